The lowest BCUT2D eigenvalue weighted by molar-refractivity contribution is 0.0738. The number of carbonyl (C=O) groups is 1. The van der Waals surface area contributed by atoms with E-state index in [0.29, 0.717) is 33.9 Å². The van der Waals surface area contributed by atoms with Crippen LogP contribution in [0.5, 0.6) is 0 Å². The van der Waals surface area contributed by atoms with Crippen LogP contribution in [0.3, 0.4) is 0 Å². The molecule has 1 heterocycles. The van der Waals surface area contributed by atoms with Crippen molar-refractivity contribution < 1.29 is 4.79 Å². The van der Waals surface area contributed by atoms with Crippen molar-refractivity contribution in [3.63, 3.8) is 0 Å². The maximum atomic E-state index is 13.1. The number of H-pyrrole nitrogens is 1. The highest BCUT2D eigenvalue weighted by atomic mass is 35.5. The Morgan fingerprint density at radius 2 is 2.00 bits per heavy atom. The first-order valence-corrected chi connectivity index (χ1v) is 9.32. The number of fused-ring (bicyclic) bond motifs is 1. The highest BCUT2D eigenvalue weighted by Gasteiger charge is 2.19. The van der Waals surface area contributed by atoms with Gasteiger partial charge in [0.05, 0.1) is 17.4 Å². The molecule has 1 amide bonds. The second-order valence-electron chi connectivity index (χ2n) is 6.65. The number of hydrogen-bond acceptors (Lipinski definition) is 3. The van der Waals surface area contributed by atoms with E-state index in [0.717, 1.165) is 17.5 Å². The summed E-state index contributed by atoms with van der Waals surface area (Å²) in [6.07, 6.45) is 0.806. The van der Waals surface area contributed by atoms with Gasteiger partial charge in [0.1, 0.15) is 5.82 Å². The summed E-state index contributed by atoms with van der Waals surface area (Å²) in [4.78, 5) is 34.5. The molecule has 0 aliphatic carbocycles. The fraction of sp³-hybridized carbons (Fsp3) is 0.286. The summed E-state index contributed by atoms with van der Waals surface area (Å²) in [7, 11) is 0. The molecule has 5 nitrogen and oxygen atoms in total. The number of halogens is 1. The SMILES string of the molecule is CCCN(Cc1nc2cc(Cl)ccc2c(=O)[nH]1)C(=O)c1cccc(C)c1C. The van der Waals surface area contributed by atoms with Crippen molar-refractivity contribution in [3.05, 3.63) is 74.3 Å². The fourth-order valence-electron chi connectivity index (χ4n) is 3.09. The molecule has 3 rings (SSSR count). The smallest absolute Gasteiger partial charge is 0.258 e. The molecular weight excluding hydrogens is 362 g/mol. The number of nitrogens with one attached hydrogen (secondary N) is 1. The van der Waals surface area contributed by atoms with Crippen LogP contribution in [0.1, 0.15) is 40.7 Å². The predicted molar refractivity (Wildman–Crippen MR) is 108 cm³/mol. The van der Waals surface area contributed by atoms with Gasteiger partial charge < -0.3 is 9.88 Å². The first-order chi connectivity index (χ1) is 12.9. The van der Waals surface area contributed by atoms with E-state index < -0.39 is 0 Å². The van der Waals surface area contributed by atoms with Crippen LogP contribution in [0.25, 0.3) is 10.9 Å². The number of amides is 1. The van der Waals surface area contributed by atoms with Crippen LogP contribution < -0.4 is 5.56 Å². The maximum Gasteiger partial charge on any atom is 0.258 e. The Hall–Kier alpha value is -2.66. The van der Waals surface area contributed by atoms with Crippen LogP contribution in [0.2, 0.25) is 5.02 Å². The van der Waals surface area contributed by atoms with Gasteiger partial charge in [0.2, 0.25) is 0 Å². The Bertz CT molecular complexity index is 1060. The minimum Gasteiger partial charge on any atom is -0.331 e. The molecule has 27 heavy (non-hydrogen) atoms. The largest absolute Gasteiger partial charge is 0.331 e. The van der Waals surface area contributed by atoms with Crippen LogP contribution in [0, 0.1) is 13.8 Å². The van der Waals surface area contributed by atoms with Crippen molar-refractivity contribution >= 4 is 28.4 Å². The number of aromatic nitrogens is 2. The molecule has 0 saturated heterocycles. The first-order valence-electron chi connectivity index (χ1n) is 8.94. The molecule has 140 valence electrons. The number of carbonyl (C=O) groups excluding carboxylic acids is 1. The topological polar surface area (TPSA) is 66.1 Å². The quantitative estimate of drug-likeness (QED) is 0.716. The Labute approximate surface area is 163 Å². The number of aryl methyl sites for hydroxylation is 1. The standard InChI is InChI=1S/C21H22ClN3O2/c1-4-10-25(21(27)16-7-5-6-13(2)14(16)3)12-19-23-18-11-15(22)8-9-17(18)20(26)24-19/h5-9,11H,4,10,12H2,1-3H3,(H,23,24,26). The Morgan fingerprint density at radius 3 is 2.74 bits per heavy atom. The summed E-state index contributed by atoms with van der Waals surface area (Å²) in [5.41, 5.74) is 3.01. The maximum absolute atomic E-state index is 13.1. The summed E-state index contributed by atoms with van der Waals surface area (Å²) in [5, 5.41) is 0.995. The molecule has 0 atom stereocenters. The van der Waals surface area contributed by atoms with Gasteiger partial charge in [-0.2, -0.15) is 0 Å². The third-order valence-corrected chi connectivity index (χ3v) is 4.91. The van der Waals surface area contributed by atoms with Gasteiger partial charge in [0, 0.05) is 17.1 Å². The second kappa shape index (κ2) is 7.92. The van der Waals surface area contributed by atoms with Crippen LogP contribution in [-0.4, -0.2) is 27.3 Å². The highest BCUT2D eigenvalue weighted by Crippen LogP contribution is 2.18. The third kappa shape index (κ3) is 4.03. The van der Waals surface area contributed by atoms with Crippen LogP contribution in [0.4, 0.5) is 0 Å². The van der Waals surface area contributed by atoms with Gasteiger partial charge in [-0.05, 0) is 55.7 Å². The minimum atomic E-state index is -0.234. The summed E-state index contributed by atoms with van der Waals surface area (Å²) in [6, 6.07) is 10.7. The molecule has 0 aliphatic heterocycles. The summed E-state index contributed by atoms with van der Waals surface area (Å²) in [6.45, 7) is 6.76. The van der Waals surface area contributed by atoms with E-state index in [-0.39, 0.29) is 18.0 Å². The number of aromatic amines is 1. The Morgan fingerprint density at radius 1 is 1.22 bits per heavy atom. The van der Waals surface area contributed by atoms with Crippen LogP contribution >= 0.6 is 11.6 Å². The molecule has 1 aromatic heterocycles. The van der Waals surface area contributed by atoms with Crippen LogP contribution in [0.15, 0.2) is 41.2 Å². The normalized spacial score (nSPS) is 11.0. The summed E-state index contributed by atoms with van der Waals surface area (Å²) < 4.78 is 0. The molecule has 0 fully saturated rings. The number of nitrogens with zero attached hydrogens (tertiary/aromatic N) is 2. The van der Waals surface area contributed by atoms with Gasteiger partial charge >= 0.3 is 0 Å². The van der Waals surface area contributed by atoms with E-state index in [1.165, 1.54) is 0 Å². The fourth-order valence-corrected chi connectivity index (χ4v) is 3.26. The highest BCUT2D eigenvalue weighted by molar-refractivity contribution is 6.31. The molecule has 3 aromatic rings. The Kier molecular flexibility index (Phi) is 5.61. The van der Waals surface area contributed by atoms with E-state index in [2.05, 4.69) is 9.97 Å². The van der Waals surface area contributed by atoms with Crippen molar-refractivity contribution in [2.24, 2.45) is 0 Å². The summed E-state index contributed by atoms with van der Waals surface area (Å²) >= 11 is 6.02. The molecule has 0 radical (unpaired) electrons. The predicted octanol–water partition coefficient (Wildman–Crippen LogP) is 4.25. The van der Waals surface area contributed by atoms with Crippen molar-refractivity contribution in [1.82, 2.24) is 14.9 Å². The van der Waals surface area contributed by atoms with Gasteiger partial charge in [-0.15, -0.1) is 0 Å². The molecule has 0 saturated carbocycles. The molecule has 0 spiro atoms. The lowest BCUT2D eigenvalue weighted by Crippen LogP contribution is -2.33. The van der Waals surface area contributed by atoms with E-state index in [4.69, 9.17) is 11.6 Å². The molecule has 0 bridgehead atoms. The average Bonchev–Trinajstić information content (AvgIpc) is 2.62. The molecule has 0 aliphatic rings. The van der Waals surface area contributed by atoms with Crippen molar-refractivity contribution in [2.75, 3.05) is 6.54 Å². The van der Waals surface area contributed by atoms with Crippen LogP contribution in [-0.2, 0) is 6.54 Å². The summed E-state index contributed by atoms with van der Waals surface area (Å²) in [5.74, 6) is 0.383. The molecule has 6 heteroatoms. The zero-order chi connectivity index (χ0) is 19.6. The zero-order valence-electron chi connectivity index (χ0n) is 15.7. The van der Waals surface area contributed by atoms with Crippen molar-refractivity contribution in [3.8, 4) is 0 Å². The van der Waals surface area contributed by atoms with E-state index in [1.807, 2.05) is 39.0 Å². The molecule has 1 N–H and O–H groups in total. The average molecular weight is 384 g/mol. The number of benzene rings is 2. The van der Waals surface area contributed by atoms with Gasteiger partial charge in [-0.25, -0.2) is 4.98 Å². The zero-order valence-corrected chi connectivity index (χ0v) is 16.4. The second-order valence-corrected chi connectivity index (χ2v) is 7.08. The van der Waals surface area contributed by atoms with E-state index in [9.17, 15) is 9.59 Å². The number of hydrogen-bond donors (Lipinski definition) is 1. The van der Waals surface area contributed by atoms with Crippen molar-refractivity contribution in [1.29, 1.82) is 0 Å². The molecule has 0 unspecified atom stereocenters. The van der Waals surface area contributed by atoms with Gasteiger partial charge in [-0.3, -0.25) is 9.59 Å². The third-order valence-electron chi connectivity index (χ3n) is 4.67. The lowest BCUT2D eigenvalue weighted by atomic mass is 10.0. The first kappa shape index (κ1) is 19.1. The number of rotatable bonds is 5. The lowest BCUT2D eigenvalue weighted by Gasteiger charge is -2.23. The molecule has 2 aromatic carbocycles. The van der Waals surface area contributed by atoms with Gasteiger partial charge in [0.15, 0.2) is 0 Å². The molecular formula is C21H22ClN3O2. The monoisotopic (exact) mass is 383 g/mol. The minimum absolute atomic E-state index is 0.0631. The van der Waals surface area contributed by atoms with E-state index in [1.54, 1.807) is 23.1 Å². The van der Waals surface area contributed by atoms with Crippen molar-refractivity contribution in [2.45, 2.75) is 33.7 Å². The van der Waals surface area contributed by atoms with Gasteiger partial charge in [-0.1, -0.05) is 30.7 Å². The van der Waals surface area contributed by atoms with E-state index >= 15 is 0 Å². The Balaban J connectivity index is 1.97. The van der Waals surface area contributed by atoms with Gasteiger partial charge in [0.25, 0.3) is 11.5 Å².